The van der Waals surface area contributed by atoms with Crippen molar-refractivity contribution in [3.05, 3.63) is 39.9 Å². The van der Waals surface area contributed by atoms with E-state index >= 15 is 0 Å². The molecule has 0 saturated carbocycles. The molecule has 68 valence electrons. The predicted octanol–water partition coefficient (Wildman–Crippen LogP) is 3.23. The molecule has 14 heavy (non-hydrogen) atoms. The Labute approximate surface area is 84.0 Å². The average molecular weight is 206 g/mol. The van der Waals surface area contributed by atoms with Crippen LogP contribution in [0.5, 0.6) is 0 Å². The third kappa shape index (κ3) is 1.59. The summed E-state index contributed by atoms with van der Waals surface area (Å²) in [6.07, 6.45) is 1.40. The van der Waals surface area contributed by atoms with Crippen LogP contribution >= 0.6 is 11.6 Å². The van der Waals surface area contributed by atoms with Crippen LogP contribution in [0.25, 0.3) is 21.5 Å². The number of rotatable bonds is 1. The fourth-order valence-electron chi connectivity index (χ4n) is 1.07. The van der Waals surface area contributed by atoms with E-state index in [1.807, 2.05) is 0 Å². The van der Waals surface area contributed by atoms with Gasteiger partial charge in [-0.05, 0) is 28.8 Å². The van der Waals surface area contributed by atoms with Crippen LogP contribution in [-0.2, 0) is 0 Å². The largest absolute Gasteiger partial charge is 0.252 e. The van der Waals surface area contributed by atoms with Gasteiger partial charge in [0.2, 0.25) is 0 Å². The highest BCUT2D eigenvalue weighted by atomic mass is 35.5. The molecular weight excluding hydrogens is 202 g/mol. The zero-order valence-electron chi connectivity index (χ0n) is 6.92. The maximum absolute atomic E-state index is 8.21. The molecule has 1 aromatic heterocycles. The molecule has 2 aromatic rings. The fourth-order valence-corrected chi connectivity index (χ4v) is 1.23. The van der Waals surface area contributed by atoms with Gasteiger partial charge in [-0.25, -0.2) is 4.98 Å². The lowest BCUT2D eigenvalue weighted by molar-refractivity contribution is 1.24. The molecule has 0 amide bonds. The van der Waals surface area contributed by atoms with Gasteiger partial charge in [-0.1, -0.05) is 11.6 Å². The molecule has 0 aliphatic heterocycles. The lowest BCUT2D eigenvalue weighted by atomic mass is 10.3. The maximum atomic E-state index is 8.21. The fraction of sp³-hybridized carbons (Fsp3) is 0. The van der Waals surface area contributed by atoms with Crippen molar-refractivity contribution in [3.8, 4) is 0 Å². The molecule has 1 heterocycles. The number of aromatic nitrogens is 2. The average Bonchev–Trinajstić information content (AvgIpc) is 2.19. The Morgan fingerprint density at radius 2 is 2.21 bits per heavy atom. The van der Waals surface area contributed by atoms with E-state index < -0.39 is 0 Å². The molecule has 2 rings (SSSR count). The number of hydrogen-bond acceptors (Lipinski definition) is 3. The second-order valence-corrected chi connectivity index (χ2v) is 2.99. The molecule has 0 N–H and O–H groups in total. The summed E-state index contributed by atoms with van der Waals surface area (Å²) < 4.78 is 0. The van der Waals surface area contributed by atoms with E-state index in [9.17, 15) is 0 Å². The van der Waals surface area contributed by atoms with Gasteiger partial charge in [-0.2, -0.15) is 0 Å². The molecule has 0 saturated heterocycles. The minimum absolute atomic E-state index is 0.252. The van der Waals surface area contributed by atoms with Crippen LogP contribution < -0.4 is 0 Å². The Bertz CT molecular complexity index is 532. The zero-order chi connectivity index (χ0) is 9.97. The molecule has 0 aliphatic rings. The number of azide groups is 1. The summed E-state index contributed by atoms with van der Waals surface area (Å²) in [6, 6.07) is 5.13. The summed E-state index contributed by atoms with van der Waals surface area (Å²) in [6.45, 7) is 0. The van der Waals surface area contributed by atoms with Gasteiger partial charge in [-0.15, -0.1) is 0 Å². The van der Waals surface area contributed by atoms with Crippen LogP contribution in [0.4, 0.5) is 5.82 Å². The van der Waals surface area contributed by atoms with Gasteiger partial charge < -0.3 is 0 Å². The van der Waals surface area contributed by atoms with Crippen molar-refractivity contribution in [1.29, 1.82) is 0 Å². The topological polar surface area (TPSA) is 74.5 Å². The van der Waals surface area contributed by atoms with Crippen molar-refractivity contribution < 1.29 is 0 Å². The molecule has 0 aliphatic carbocycles. The Hall–Kier alpha value is -1.84. The summed E-state index contributed by atoms with van der Waals surface area (Å²) in [5, 5.41) is 3.95. The molecule has 0 radical (unpaired) electrons. The number of benzene rings is 1. The summed E-state index contributed by atoms with van der Waals surface area (Å²) in [4.78, 5) is 10.7. The van der Waals surface area contributed by atoms with Crippen LogP contribution in [0, 0.1) is 0 Å². The molecular formula is C8H4ClN5. The van der Waals surface area contributed by atoms with Gasteiger partial charge in [0.1, 0.15) is 5.82 Å². The summed E-state index contributed by atoms with van der Waals surface area (Å²) in [7, 11) is 0. The summed E-state index contributed by atoms with van der Waals surface area (Å²) in [5.41, 5.74) is 9.53. The van der Waals surface area contributed by atoms with Gasteiger partial charge in [-0.3, -0.25) is 4.98 Å². The van der Waals surface area contributed by atoms with Gasteiger partial charge in [0, 0.05) is 9.93 Å². The maximum Gasteiger partial charge on any atom is 0.145 e. The monoisotopic (exact) mass is 205 g/mol. The minimum atomic E-state index is 0.252. The van der Waals surface area contributed by atoms with E-state index in [1.54, 1.807) is 18.2 Å². The highest BCUT2D eigenvalue weighted by molar-refractivity contribution is 6.31. The van der Waals surface area contributed by atoms with Gasteiger partial charge in [0.25, 0.3) is 0 Å². The first-order valence-electron chi connectivity index (χ1n) is 3.77. The minimum Gasteiger partial charge on any atom is -0.252 e. The number of halogens is 1. The number of fused-ring (bicyclic) bond motifs is 1. The molecule has 0 spiro atoms. The molecule has 0 atom stereocenters. The Kier molecular flexibility index (Phi) is 2.18. The van der Waals surface area contributed by atoms with Crippen molar-refractivity contribution >= 4 is 28.5 Å². The smallest absolute Gasteiger partial charge is 0.145 e. The van der Waals surface area contributed by atoms with Gasteiger partial charge in [0.15, 0.2) is 0 Å². The van der Waals surface area contributed by atoms with Crippen molar-refractivity contribution in [3.63, 3.8) is 0 Å². The molecule has 0 unspecified atom stereocenters. The van der Waals surface area contributed by atoms with E-state index in [0.717, 1.165) is 0 Å². The zero-order valence-corrected chi connectivity index (χ0v) is 7.68. The van der Waals surface area contributed by atoms with Crippen molar-refractivity contribution in [2.45, 2.75) is 0 Å². The van der Waals surface area contributed by atoms with E-state index in [0.29, 0.717) is 16.1 Å². The van der Waals surface area contributed by atoms with Crippen molar-refractivity contribution in [2.24, 2.45) is 5.11 Å². The first-order valence-corrected chi connectivity index (χ1v) is 4.15. The predicted molar refractivity (Wildman–Crippen MR) is 53.4 cm³/mol. The normalized spacial score (nSPS) is 9.79. The van der Waals surface area contributed by atoms with E-state index in [2.05, 4.69) is 20.0 Å². The van der Waals surface area contributed by atoms with E-state index in [1.165, 1.54) is 6.20 Å². The summed E-state index contributed by atoms with van der Waals surface area (Å²) >= 11 is 5.77. The van der Waals surface area contributed by atoms with Crippen LogP contribution in [0.1, 0.15) is 0 Å². The molecule has 6 heteroatoms. The Morgan fingerprint density at radius 1 is 1.36 bits per heavy atom. The number of nitrogens with zero attached hydrogens (tertiary/aromatic N) is 5. The molecule has 0 bridgehead atoms. The highest BCUT2D eigenvalue weighted by Gasteiger charge is 1.98. The third-order valence-electron chi connectivity index (χ3n) is 1.64. The molecule has 0 fully saturated rings. The van der Waals surface area contributed by atoms with E-state index in [-0.39, 0.29) is 5.82 Å². The van der Waals surface area contributed by atoms with Crippen LogP contribution in [0.3, 0.4) is 0 Å². The van der Waals surface area contributed by atoms with Crippen molar-refractivity contribution in [2.75, 3.05) is 0 Å². The van der Waals surface area contributed by atoms with Crippen LogP contribution in [-0.4, -0.2) is 9.97 Å². The SMILES string of the molecule is [N-]=[N+]=Nc1cnc2cc(Cl)ccc2n1. The molecule has 1 aromatic carbocycles. The number of hydrogen-bond donors (Lipinski definition) is 0. The quantitative estimate of drug-likeness (QED) is 0.407. The lowest BCUT2D eigenvalue weighted by Crippen LogP contribution is -1.82. The lowest BCUT2D eigenvalue weighted by Gasteiger charge is -1.97. The molecule has 5 nitrogen and oxygen atoms in total. The Balaban J connectivity index is 2.67. The van der Waals surface area contributed by atoms with Crippen LogP contribution in [0.15, 0.2) is 29.5 Å². The first-order chi connectivity index (χ1) is 6.79. The van der Waals surface area contributed by atoms with Gasteiger partial charge in [0.05, 0.1) is 17.2 Å². The summed E-state index contributed by atoms with van der Waals surface area (Å²) in [5.74, 6) is 0.252. The van der Waals surface area contributed by atoms with Gasteiger partial charge >= 0.3 is 0 Å². The Morgan fingerprint density at radius 3 is 3.00 bits per heavy atom. The standard InChI is InChI=1S/C8H4ClN5/c9-5-1-2-6-7(3-5)11-4-8(12-6)13-14-10/h1-4H. The first kappa shape index (κ1) is 8.74. The highest BCUT2D eigenvalue weighted by Crippen LogP contribution is 2.18. The van der Waals surface area contributed by atoms with E-state index in [4.69, 9.17) is 17.1 Å². The second-order valence-electron chi connectivity index (χ2n) is 2.55. The van der Waals surface area contributed by atoms with Crippen molar-refractivity contribution in [1.82, 2.24) is 9.97 Å². The third-order valence-corrected chi connectivity index (χ3v) is 1.87. The second kappa shape index (κ2) is 3.49. The van der Waals surface area contributed by atoms with Crippen LogP contribution in [0.2, 0.25) is 5.02 Å².